The van der Waals surface area contributed by atoms with Crippen LogP contribution < -0.4 is 9.47 Å². The van der Waals surface area contributed by atoms with E-state index >= 15 is 0 Å². The number of benzene rings is 2. The molecule has 0 aliphatic heterocycles. The van der Waals surface area contributed by atoms with Gasteiger partial charge >= 0.3 is 5.97 Å². The summed E-state index contributed by atoms with van der Waals surface area (Å²) in [5.41, 5.74) is 3.44. The Morgan fingerprint density at radius 2 is 1.76 bits per heavy atom. The Kier molecular flexibility index (Phi) is 8.49. The van der Waals surface area contributed by atoms with Gasteiger partial charge in [-0.1, -0.05) is 35.5 Å². The normalized spacial score (nSPS) is 12.8. The SMILES string of the molecule is COc1cc(C(O)C(CCCc2ccccc2)Cc2cc(CC(=O)O)on2)cc(OC)c1C. The number of carboxylic acid groups (broad SMARTS) is 1. The van der Waals surface area contributed by atoms with E-state index in [2.05, 4.69) is 17.3 Å². The maximum Gasteiger partial charge on any atom is 0.311 e. The number of aliphatic carboxylic acids is 1. The fourth-order valence-electron chi connectivity index (χ4n) is 4.09. The van der Waals surface area contributed by atoms with Gasteiger partial charge in [-0.15, -0.1) is 0 Å². The van der Waals surface area contributed by atoms with Crippen molar-refractivity contribution in [2.45, 2.75) is 45.1 Å². The quantitative estimate of drug-likeness (QED) is 0.415. The third-order valence-corrected chi connectivity index (χ3v) is 5.85. The van der Waals surface area contributed by atoms with Crippen molar-refractivity contribution in [3.63, 3.8) is 0 Å². The molecule has 2 N–H and O–H groups in total. The van der Waals surface area contributed by atoms with E-state index < -0.39 is 12.1 Å². The van der Waals surface area contributed by atoms with Crippen molar-refractivity contribution in [2.75, 3.05) is 14.2 Å². The number of methoxy groups -OCH3 is 2. The van der Waals surface area contributed by atoms with Gasteiger partial charge in [-0.2, -0.15) is 0 Å². The molecule has 3 aromatic rings. The lowest BCUT2D eigenvalue weighted by atomic mass is 9.86. The number of rotatable bonds is 12. The second kappa shape index (κ2) is 11.5. The fraction of sp³-hybridized carbons (Fsp3) is 0.385. The number of carbonyl (C=O) groups is 1. The zero-order chi connectivity index (χ0) is 23.8. The van der Waals surface area contributed by atoms with Crippen LogP contribution in [0.2, 0.25) is 0 Å². The molecule has 2 unspecified atom stereocenters. The van der Waals surface area contributed by atoms with Crippen molar-refractivity contribution in [1.29, 1.82) is 0 Å². The molecule has 7 heteroatoms. The topological polar surface area (TPSA) is 102 Å². The molecule has 0 aliphatic rings. The number of hydrogen-bond donors (Lipinski definition) is 2. The Labute approximate surface area is 194 Å². The number of aliphatic hydroxyl groups excluding tert-OH is 1. The molecule has 0 aliphatic carbocycles. The van der Waals surface area contributed by atoms with Crippen LogP contribution in [0.4, 0.5) is 0 Å². The highest BCUT2D eigenvalue weighted by Gasteiger charge is 2.25. The Morgan fingerprint density at radius 1 is 1.09 bits per heavy atom. The molecule has 33 heavy (non-hydrogen) atoms. The number of aliphatic hydroxyl groups is 1. The molecule has 1 heterocycles. The summed E-state index contributed by atoms with van der Waals surface area (Å²) in [4.78, 5) is 11.0. The van der Waals surface area contributed by atoms with E-state index in [0.717, 1.165) is 24.8 Å². The standard InChI is InChI=1S/C26H31NO6/c1-17-23(31-2)13-20(14-24(17)32-3)26(30)19(11-7-10-18-8-5-4-6-9-18)12-21-15-22(33-27-21)16-25(28)29/h4-6,8-9,13-15,19,26,30H,7,10-12,16H2,1-3H3,(H,28,29). The molecule has 0 spiro atoms. The van der Waals surface area contributed by atoms with Crippen LogP contribution >= 0.6 is 0 Å². The molecule has 0 saturated heterocycles. The van der Waals surface area contributed by atoms with Crippen LogP contribution in [0.25, 0.3) is 0 Å². The second-order valence-electron chi connectivity index (χ2n) is 8.19. The van der Waals surface area contributed by atoms with E-state index in [9.17, 15) is 9.90 Å². The summed E-state index contributed by atoms with van der Waals surface area (Å²) >= 11 is 0. The largest absolute Gasteiger partial charge is 0.496 e. The van der Waals surface area contributed by atoms with Gasteiger partial charge in [-0.05, 0) is 61.8 Å². The molecular weight excluding hydrogens is 422 g/mol. The number of ether oxygens (including phenoxy) is 2. The Balaban J connectivity index is 1.81. The summed E-state index contributed by atoms with van der Waals surface area (Å²) < 4.78 is 16.1. The van der Waals surface area contributed by atoms with Gasteiger partial charge in [0, 0.05) is 11.6 Å². The third kappa shape index (κ3) is 6.58. The maximum atomic E-state index is 11.4. The monoisotopic (exact) mass is 453 g/mol. The highest BCUT2D eigenvalue weighted by molar-refractivity contribution is 5.69. The van der Waals surface area contributed by atoms with Gasteiger partial charge < -0.3 is 24.2 Å². The predicted molar refractivity (Wildman–Crippen MR) is 124 cm³/mol. The van der Waals surface area contributed by atoms with Crippen LogP contribution in [-0.2, 0) is 24.1 Å². The van der Waals surface area contributed by atoms with Crippen molar-refractivity contribution in [2.24, 2.45) is 5.92 Å². The van der Waals surface area contributed by atoms with Gasteiger partial charge in [0.05, 0.1) is 26.0 Å². The molecular formula is C26H31NO6. The molecule has 0 radical (unpaired) electrons. The summed E-state index contributed by atoms with van der Waals surface area (Å²) in [7, 11) is 3.18. The van der Waals surface area contributed by atoms with Crippen molar-refractivity contribution in [3.8, 4) is 11.5 Å². The van der Waals surface area contributed by atoms with E-state index in [-0.39, 0.29) is 12.3 Å². The van der Waals surface area contributed by atoms with Gasteiger partial charge in [-0.25, -0.2) is 0 Å². The van der Waals surface area contributed by atoms with Gasteiger partial charge in [-0.3, -0.25) is 4.79 Å². The van der Waals surface area contributed by atoms with E-state index in [1.165, 1.54) is 5.56 Å². The molecule has 0 bridgehead atoms. The van der Waals surface area contributed by atoms with Crippen molar-refractivity contribution in [3.05, 3.63) is 76.7 Å². The van der Waals surface area contributed by atoms with Gasteiger partial charge in [0.15, 0.2) is 0 Å². The number of aromatic nitrogens is 1. The molecule has 176 valence electrons. The van der Waals surface area contributed by atoms with Gasteiger partial charge in [0.25, 0.3) is 0 Å². The van der Waals surface area contributed by atoms with Crippen LogP contribution in [0.15, 0.2) is 53.1 Å². The first kappa shape index (κ1) is 24.3. The third-order valence-electron chi connectivity index (χ3n) is 5.85. The molecule has 2 atom stereocenters. The number of aryl methyl sites for hydroxylation is 1. The van der Waals surface area contributed by atoms with Crippen LogP contribution in [0.1, 0.15) is 47.1 Å². The Hall–Kier alpha value is -3.32. The lowest BCUT2D eigenvalue weighted by Crippen LogP contribution is -2.17. The average molecular weight is 454 g/mol. The van der Waals surface area contributed by atoms with Gasteiger partial charge in [0.1, 0.15) is 23.7 Å². The molecule has 7 nitrogen and oxygen atoms in total. The first-order valence-corrected chi connectivity index (χ1v) is 11.0. The summed E-state index contributed by atoms with van der Waals surface area (Å²) in [6.07, 6.45) is 1.97. The Morgan fingerprint density at radius 3 is 2.36 bits per heavy atom. The van der Waals surface area contributed by atoms with E-state index in [0.29, 0.717) is 34.9 Å². The number of nitrogens with zero attached hydrogens (tertiary/aromatic N) is 1. The lowest BCUT2D eigenvalue weighted by molar-refractivity contribution is -0.136. The van der Waals surface area contributed by atoms with Crippen molar-refractivity contribution >= 4 is 5.97 Å². The lowest BCUT2D eigenvalue weighted by Gasteiger charge is -2.24. The molecule has 3 rings (SSSR count). The zero-order valence-corrected chi connectivity index (χ0v) is 19.3. The molecule has 0 saturated carbocycles. The minimum Gasteiger partial charge on any atom is -0.496 e. The summed E-state index contributed by atoms with van der Waals surface area (Å²) in [5.74, 6) is 0.464. The molecule has 2 aromatic carbocycles. The summed E-state index contributed by atoms with van der Waals surface area (Å²) in [6, 6.07) is 15.6. The molecule has 1 aromatic heterocycles. The van der Waals surface area contributed by atoms with Crippen LogP contribution in [0, 0.1) is 12.8 Å². The van der Waals surface area contributed by atoms with E-state index in [1.54, 1.807) is 20.3 Å². The van der Waals surface area contributed by atoms with E-state index in [4.69, 9.17) is 19.1 Å². The van der Waals surface area contributed by atoms with Crippen LogP contribution in [-0.4, -0.2) is 35.6 Å². The van der Waals surface area contributed by atoms with Crippen LogP contribution in [0.5, 0.6) is 11.5 Å². The van der Waals surface area contributed by atoms with E-state index in [1.807, 2.05) is 37.3 Å². The Bertz CT molecular complexity index is 1020. The minimum absolute atomic E-state index is 0.159. The highest BCUT2D eigenvalue weighted by Crippen LogP contribution is 2.36. The first-order chi connectivity index (χ1) is 15.9. The average Bonchev–Trinajstić information content (AvgIpc) is 3.24. The highest BCUT2D eigenvalue weighted by atomic mass is 16.5. The predicted octanol–water partition coefficient (Wildman–Crippen LogP) is 4.54. The summed E-state index contributed by atoms with van der Waals surface area (Å²) in [6.45, 7) is 1.91. The number of hydrogen-bond acceptors (Lipinski definition) is 6. The van der Waals surface area contributed by atoms with Crippen molar-refractivity contribution < 1.29 is 29.0 Å². The first-order valence-electron chi connectivity index (χ1n) is 11.0. The number of carboxylic acids is 1. The van der Waals surface area contributed by atoms with Gasteiger partial charge in [0.2, 0.25) is 0 Å². The smallest absolute Gasteiger partial charge is 0.311 e. The summed E-state index contributed by atoms with van der Waals surface area (Å²) in [5, 5.41) is 24.4. The second-order valence-corrected chi connectivity index (χ2v) is 8.19. The fourth-order valence-corrected chi connectivity index (χ4v) is 4.09. The van der Waals surface area contributed by atoms with Crippen molar-refractivity contribution in [1.82, 2.24) is 5.16 Å². The molecule has 0 amide bonds. The molecule has 0 fully saturated rings. The maximum absolute atomic E-state index is 11.4. The zero-order valence-electron chi connectivity index (χ0n) is 19.3. The van der Waals surface area contributed by atoms with Crippen LogP contribution in [0.3, 0.4) is 0 Å². The minimum atomic E-state index is -0.976.